The second kappa shape index (κ2) is 4.71. The van der Waals surface area contributed by atoms with Crippen molar-refractivity contribution in [2.45, 2.75) is 0 Å². The highest BCUT2D eigenvalue weighted by Gasteiger charge is 2.02. The van der Waals surface area contributed by atoms with Crippen molar-refractivity contribution < 1.29 is 15.2 Å². The maximum atomic E-state index is 10.7. The number of aromatic nitrogens is 1. The molecular weight excluding hydrogens is 208 g/mol. The van der Waals surface area contributed by atoms with Crippen LogP contribution >= 0.6 is 0 Å². The van der Waals surface area contributed by atoms with Crippen molar-refractivity contribution in [2.24, 2.45) is 0 Å². The van der Waals surface area contributed by atoms with Gasteiger partial charge in [-0.3, -0.25) is 4.98 Å². The van der Waals surface area contributed by atoms with Gasteiger partial charge in [-0.2, -0.15) is 5.23 Å². The van der Waals surface area contributed by atoms with E-state index in [0.717, 1.165) is 0 Å². The number of quaternary nitrogens is 1. The highest BCUT2D eigenvalue weighted by atomic mass is 16.8. The molecule has 1 aromatic carbocycles. The Kier molecular flexibility index (Phi) is 3.11. The summed E-state index contributed by atoms with van der Waals surface area (Å²) in [5.74, 6) is 1.11. The average Bonchev–Trinajstić information content (AvgIpc) is 2.30. The number of pyridine rings is 1. The minimum atomic E-state index is -0.972. The van der Waals surface area contributed by atoms with Crippen LogP contribution in [0.5, 0.6) is 11.5 Å². The molecule has 0 aliphatic heterocycles. The number of rotatable bonds is 3. The van der Waals surface area contributed by atoms with Crippen LogP contribution in [-0.4, -0.2) is 10.2 Å². The normalized spacial score (nSPS) is 12.1. The lowest BCUT2D eigenvalue weighted by Crippen LogP contribution is -2.99. The van der Waals surface area contributed by atoms with Crippen LogP contribution in [-0.2, 0) is 0 Å². The van der Waals surface area contributed by atoms with Gasteiger partial charge in [0.2, 0.25) is 0 Å². The number of nitrogens with one attached hydrogen (secondary N) is 1. The maximum absolute atomic E-state index is 10.7. The predicted molar refractivity (Wildman–Crippen MR) is 56.5 cm³/mol. The third kappa shape index (κ3) is 2.54. The summed E-state index contributed by atoms with van der Waals surface area (Å²) >= 11 is 0. The fourth-order valence-corrected chi connectivity index (χ4v) is 1.23. The first-order chi connectivity index (χ1) is 7.75. The lowest BCUT2D eigenvalue weighted by atomic mass is 10.3. The smallest absolute Gasteiger partial charge is 0.167 e. The van der Waals surface area contributed by atoms with Gasteiger partial charge in [0, 0.05) is 24.5 Å². The highest BCUT2D eigenvalue weighted by Crippen LogP contribution is 2.21. The third-order valence-corrected chi connectivity index (χ3v) is 1.97. The summed E-state index contributed by atoms with van der Waals surface area (Å²) < 4.78 is 5.47. The molecule has 0 amide bonds. The van der Waals surface area contributed by atoms with Gasteiger partial charge in [0.05, 0.1) is 0 Å². The van der Waals surface area contributed by atoms with E-state index in [2.05, 4.69) is 4.98 Å². The van der Waals surface area contributed by atoms with Crippen molar-refractivity contribution in [3.63, 3.8) is 0 Å². The molecule has 0 saturated carbocycles. The monoisotopic (exact) mass is 218 g/mol. The Morgan fingerprint density at radius 2 is 1.88 bits per heavy atom. The van der Waals surface area contributed by atoms with E-state index in [9.17, 15) is 5.21 Å². The summed E-state index contributed by atoms with van der Waals surface area (Å²) in [6.45, 7) is 0. The van der Waals surface area contributed by atoms with Crippen molar-refractivity contribution in [1.29, 1.82) is 0 Å². The average molecular weight is 218 g/mol. The molecule has 0 bridgehead atoms. The minimum absolute atomic E-state index is 0.201. The van der Waals surface area contributed by atoms with Crippen molar-refractivity contribution >= 4 is 5.69 Å². The van der Waals surface area contributed by atoms with E-state index in [1.807, 2.05) is 0 Å². The minimum Gasteiger partial charge on any atom is -0.595 e. The fraction of sp³-hybridized carbons (Fsp3) is 0. The van der Waals surface area contributed by atoms with Gasteiger partial charge in [0.15, 0.2) is 5.69 Å². The van der Waals surface area contributed by atoms with E-state index in [1.165, 1.54) is 12.1 Å². The largest absolute Gasteiger partial charge is 0.595 e. The standard InChI is InChI=1S/C11H10N2O3/c14-13(15)9-2-1-3-11(8-9)16-10-4-6-12-7-5-10/h1-8,13-14H. The Hall–Kier alpha value is -1.95. The van der Waals surface area contributed by atoms with Gasteiger partial charge in [-0.25, -0.2) is 5.21 Å². The van der Waals surface area contributed by atoms with Crippen molar-refractivity contribution in [3.8, 4) is 11.5 Å². The number of hydrogen-bond acceptors (Lipinski definition) is 4. The van der Waals surface area contributed by atoms with Gasteiger partial charge in [-0.05, 0) is 18.2 Å². The number of ether oxygens (including phenoxy) is 1. The van der Waals surface area contributed by atoms with E-state index in [-0.39, 0.29) is 5.69 Å². The van der Waals surface area contributed by atoms with Crippen LogP contribution in [0.4, 0.5) is 5.69 Å². The molecule has 2 rings (SSSR count). The summed E-state index contributed by atoms with van der Waals surface area (Å²) in [5.41, 5.74) is 0.201. The molecule has 1 aromatic heterocycles. The molecule has 1 unspecified atom stereocenters. The van der Waals surface area contributed by atoms with Crippen LogP contribution < -0.4 is 9.96 Å². The van der Waals surface area contributed by atoms with E-state index < -0.39 is 5.23 Å². The maximum Gasteiger partial charge on any atom is 0.167 e. The molecule has 0 aliphatic rings. The molecule has 0 fully saturated rings. The summed E-state index contributed by atoms with van der Waals surface area (Å²) in [4.78, 5) is 3.86. The zero-order valence-corrected chi connectivity index (χ0v) is 8.33. The summed E-state index contributed by atoms with van der Waals surface area (Å²) in [6.07, 6.45) is 3.22. The highest BCUT2D eigenvalue weighted by molar-refractivity contribution is 5.39. The number of hydrogen-bond donors (Lipinski definition) is 2. The number of benzene rings is 1. The van der Waals surface area contributed by atoms with Gasteiger partial charge in [-0.1, -0.05) is 6.07 Å². The molecule has 0 radical (unpaired) electrons. The molecule has 2 aromatic rings. The quantitative estimate of drug-likeness (QED) is 0.761. The Bertz CT molecular complexity index is 460. The first kappa shape index (κ1) is 10.6. The Balaban J connectivity index is 2.19. The molecule has 5 heteroatoms. The van der Waals surface area contributed by atoms with Crippen molar-refractivity contribution in [3.05, 3.63) is 54.0 Å². The van der Waals surface area contributed by atoms with Gasteiger partial charge in [0.25, 0.3) is 0 Å². The summed E-state index contributed by atoms with van der Waals surface area (Å²) in [5, 5.41) is 18.6. The molecule has 0 saturated heterocycles. The number of nitrogens with zero attached hydrogens (tertiary/aromatic N) is 1. The zero-order chi connectivity index (χ0) is 11.4. The molecule has 0 spiro atoms. The lowest BCUT2D eigenvalue weighted by molar-refractivity contribution is -0.991. The first-order valence-electron chi connectivity index (χ1n) is 4.67. The second-order valence-electron chi connectivity index (χ2n) is 3.12. The Morgan fingerprint density at radius 1 is 1.12 bits per heavy atom. The van der Waals surface area contributed by atoms with Gasteiger partial charge < -0.3 is 9.94 Å². The molecular formula is C11H10N2O3. The van der Waals surface area contributed by atoms with Gasteiger partial charge in [0.1, 0.15) is 11.5 Å². The molecule has 82 valence electrons. The fourth-order valence-electron chi connectivity index (χ4n) is 1.23. The van der Waals surface area contributed by atoms with E-state index in [4.69, 9.17) is 9.94 Å². The molecule has 5 nitrogen and oxygen atoms in total. The molecule has 16 heavy (non-hydrogen) atoms. The van der Waals surface area contributed by atoms with Crippen LogP contribution in [0.15, 0.2) is 48.8 Å². The van der Waals surface area contributed by atoms with Crippen LogP contribution in [0.2, 0.25) is 0 Å². The van der Waals surface area contributed by atoms with E-state index in [0.29, 0.717) is 11.5 Å². The Labute approximate surface area is 92.1 Å². The first-order valence-corrected chi connectivity index (χ1v) is 4.67. The third-order valence-electron chi connectivity index (χ3n) is 1.97. The van der Waals surface area contributed by atoms with Crippen LogP contribution in [0.25, 0.3) is 0 Å². The second-order valence-corrected chi connectivity index (χ2v) is 3.12. The van der Waals surface area contributed by atoms with Crippen molar-refractivity contribution in [1.82, 2.24) is 4.98 Å². The van der Waals surface area contributed by atoms with Crippen LogP contribution in [0.3, 0.4) is 0 Å². The molecule has 1 heterocycles. The molecule has 1 atom stereocenters. The van der Waals surface area contributed by atoms with Crippen molar-refractivity contribution in [2.75, 3.05) is 0 Å². The van der Waals surface area contributed by atoms with E-state index >= 15 is 0 Å². The topological polar surface area (TPSA) is 69.9 Å². The predicted octanol–water partition coefficient (Wildman–Crippen LogP) is 1.28. The summed E-state index contributed by atoms with van der Waals surface area (Å²) in [6, 6.07) is 9.73. The molecule has 2 N–H and O–H groups in total. The Morgan fingerprint density at radius 3 is 2.56 bits per heavy atom. The van der Waals surface area contributed by atoms with E-state index in [1.54, 1.807) is 36.7 Å². The lowest BCUT2D eigenvalue weighted by Gasteiger charge is -2.12. The SMILES string of the molecule is [O-][NH+](O)c1cccc(Oc2ccncc2)c1. The van der Waals surface area contributed by atoms with Crippen LogP contribution in [0.1, 0.15) is 0 Å². The van der Waals surface area contributed by atoms with Gasteiger partial charge in [-0.15, -0.1) is 0 Å². The summed E-state index contributed by atoms with van der Waals surface area (Å²) in [7, 11) is 0. The van der Waals surface area contributed by atoms with Crippen LogP contribution in [0, 0.1) is 5.21 Å². The van der Waals surface area contributed by atoms with Gasteiger partial charge >= 0.3 is 0 Å². The zero-order valence-electron chi connectivity index (χ0n) is 8.33. The molecule has 0 aliphatic carbocycles.